The number of halogens is 6. The molecule has 0 saturated heterocycles. The van der Waals surface area contributed by atoms with Gasteiger partial charge in [0.2, 0.25) is 0 Å². The van der Waals surface area contributed by atoms with Gasteiger partial charge in [0.05, 0.1) is 11.2 Å². The summed E-state index contributed by atoms with van der Waals surface area (Å²) in [5.74, 6) is -3.84. The molecule has 2 N–H and O–H groups in total. The molecular formula is C17H17F6N3O5S. The van der Waals surface area contributed by atoms with Gasteiger partial charge in [-0.25, -0.2) is 12.8 Å². The summed E-state index contributed by atoms with van der Waals surface area (Å²) < 4.78 is 142. The van der Waals surface area contributed by atoms with Crippen molar-refractivity contribution in [2.24, 2.45) is 0 Å². The van der Waals surface area contributed by atoms with Crippen molar-refractivity contribution in [2.45, 2.75) is 42.5 Å². The van der Waals surface area contributed by atoms with E-state index < -0.39 is 82.9 Å². The first-order chi connectivity index (χ1) is 16.0. The van der Waals surface area contributed by atoms with Gasteiger partial charge in [-0.15, -0.1) is 0 Å². The summed E-state index contributed by atoms with van der Waals surface area (Å²) in [5, 5.41) is 0. The Morgan fingerprint density at radius 3 is 2.69 bits per heavy atom. The molecular weight excluding hydrogens is 472 g/mol. The van der Waals surface area contributed by atoms with Crippen molar-refractivity contribution >= 4 is 15.8 Å². The Bertz CT molecular complexity index is 1210. The van der Waals surface area contributed by atoms with Crippen LogP contribution in [-0.2, 0) is 27.6 Å². The number of alkyl halides is 5. The van der Waals surface area contributed by atoms with Crippen molar-refractivity contribution in [3.63, 3.8) is 0 Å². The Labute approximate surface area is 182 Å². The number of anilines is 1. The number of H-pyrrole nitrogens is 1. The van der Waals surface area contributed by atoms with Crippen molar-refractivity contribution in [1.29, 1.82) is 0 Å². The van der Waals surface area contributed by atoms with Crippen LogP contribution in [0.3, 0.4) is 0 Å². The Morgan fingerprint density at radius 1 is 1.38 bits per heavy atom. The molecule has 0 unspecified atom stereocenters. The molecule has 0 radical (unpaired) electrons. The Hall–Kier alpha value is -2.68. The Kier molecular flexibility index (Phi) is 5.21. The van der Waals surface area contributed by atoms with Gasteiger partial charge in [-0.05, 0) is 18.4 Å². The monoisotopic (exact) mass is 492 g/mol. The van der Waals surface area contributed by atoms with Gasteiger partial charge in [0.25, 0.3) is 15.9 Å². The molecule has 1 atom stereocenters. The van der Waals surface area contributed by atoms with E-state index in [1.807, 2.05) is 0 Å². The number of nitrogens with one attached hydrogen (secondary N) is 2. The van der Waals surface area contributed by atoms with Crippen LogP contribution in [0.2, 0.25) is 0 Å². The molecule has 1 aliphatic carbocycles. The van der Waals surface area contributed by atoms with Crippen molar-refractivity contribution in [3.8, 4) is 11.6 Å². The summed E-state index contributed by atoms with van der Waals surface area (Å²) in [6.45, 7) is -3.35. The van der Waals surface area contributed by atoms with Crippen LogP contribution in [0, 0.1) is 5.82 Å². The molecule has 2 heterocycles. The van der Waals surface area contributed by atoms with Gasteiger partial charge in [-0.3, -0.25) is 4.72 Å². The maximum Gasteiger partial charge on any atom is 0.417 e. The van der Waals surface area contributed by atoms with E-state index in [9.17, 15) is 34.8 Å². The number of rotatable bonds is 7. The minimum Gasteiger partial charge on any atom is -0.478 e. The van der Waals surface area contributed by atoms with E-state index in [2.05, 4.69) is 24.2 Å². The summed E-state index contributed by atoms with van der Waals surface area (Å²) in [6, 6.07) is 0.409. The lowest BCUT2D eigenvalue weighted by atomic mass is 9.83. The quantitative estimate of drug-likeness (QED) is 0.575. The lowest BCUT2D eigenvalue weighted by Gasteiger charge is -2.37. The van der Waals surface area contributed by atoms with E-state index >= 15 is 0 Å². The first-order valence-electron chi connectivity index (χ1n) is 10.2. The summed E-state index contributed by atoms with van der Waals surface area (Å²) in [7, 11) is -7.06. The molecule has 8 nitrogen and oxygen atoms in total. The highest BCUT2D eigenvalue weighted by Gasteiger charge is 2.57. The molecule has 32 heavy (non-hydrogen) atoms. The molecule has 0 spiro atoms. The number of aromatic nitrogens is 2. The van der Waals surface area contributed by atoms with Gasteiger partial charge in [0.15, 0.2) is 23.0 Å². The molecule has 178 valence electrons. The van der Waals surface area contributed by atoms with Crippen LogP contribution in [0.4, 0.5) is 32.2 Å². The number of nitrogens with zero attached hydrogens (tertiary/aromatic N) is 1. The number of ether oxygens (including phenoxy) is 3. The highest BCUT2D eigenvalue weighted by Crippen LogP contribution is 2.44. The number of hydrogen-bond acceptors (Lipinski definition) is 6. The number of hydrogen-bond donors (Lipinski definition) is 2. The van der Waals surface area contributed by atoms with Crippen LogP contribution in [0.25, 0.3) is 0 Å². The van der Waals surface area contributed by atoms with Gasteiger partial charge >= 0.3 is 12.8 Å². The van der Waals surface area contributed by atoms with Gasteiger partial charge in [0, 0.05) is 31.4 Å². The molecule has 0 aromatic carbocycles. The zero-order valence-electron chi connectivity index (χ0n) is 19.0. The molecule has 0 saturated carbocycles. The predicted octanol–water partition coefficient (Wildman–Crippen LogP) is 3.40. The molecule has 2 aromatic heterocycles. The summed E-state index contributed by atoms with van der Waals surface area (Å²) >= 11 is 0. The minimum atomic E-state index is -5.09. The lowest BCUT2D eigenvalue weighted by molar-refractivity contribution is -0.273. The zero-order chi connectivity index (χ0) is 26.4. The molecule has 1 aliphatic rings. The number of pyridine rings is 1. The fraction of sp³-hybridized carbons (Fsp3) is 0.471. The van der Waals surface area contributed by atoms with E-state index in [1.165, 1.54) is 0 Å². The summed E-state index contributed by atoms with van der Waals surface area (Å²) in [6.07, 6.45) is -6.71. The molecule has 0 bridgehead atoms. The largest absolute Gasteiger partial charge is 0.478 e. The van der Waals surface area contributed by atoms with E-state index in [-0.39, 0.29) is 11.3 Å². The first kappa shape index (κ1) is 20.0. The van der Waals surface area contributed by atoms with Crippen molar-refractivity contribution in [2.75, 3.05) is 18.9 Å². The van der Waals surface area contributed by atoms with Crippen LogP contribution < -0.4 is 14.2 Å². The average Bonchev–Trinajstić information content (AvgIpc) is 3.11. The van der Waals surface area contributed by atoms with E-state index in [4.69, 9.17) is 4.11 Å². The van der Waals surface area contributed by atoms with Crippen LogP contribution >= 0.6 is 0 Å². The smallest absolute Gasteiger partial charge is 0.417 e. The molecule has 0 amide bonds. The number of methoxy groups -OCH3 is 2. The predicted molar refractivity (Wildman–Crippen MR) is 96.8 cm³/mol. The molecule has 0 fully saturated rings. The van der Waals surface area contributed by atoms with E-state index in [0.29, 0.717) is 6.07 Å². The van der Waals surface area contributed by atoms with Crippen LogP contribution in [0.5, 0.6) is 11.6 Å². The second-order valence-electron chi connectivity index (χ2n) is 6.69. The van der Waals surface area contributed by atoms with Crippen molar-refractivity contribution in [3.05, 3.63) is 29.3 Å². The number of aromatic amines is 1. The third kappa shape index (κ3) is 4.30. The average molecular weight is 492 g/mol. The minimum absolute atomic E-state index is 0.100. The van der Waals surface area contributed by atoms with Crippen LogP contribution in [-0.4, -0.2) is 50.9 Å². The fourth-order valence-electron chi connectivity index (χ4n) is 3.27. The number of sulfonamides is 1. The van der Waals surface area contributed by atoms with Gasteiger partial charge in [-0.2, -0.15) is 26.9 Å². The van der Waals surface area contributed by atoms with Crippen LogP contribution in [0.15, 0.2) is 17.2 Å². The molecule has 3 rings (SSSR count). The van der Waals surface area contributed by atoms with Gasteiger partial charge in [0.1, 0.15) is 4.90 Å². The maximum absolute atomic E-state index is 14.3. The molecule has 2 aromatic rings. The molecule has 15 heteroatoms. The van der Waals surface area contributed by atoms with Crippen molar-refractivity contribution in [1.82, 2.24) is 9.97 Å². The maximum atomic E-state index is 14.3. The van der Waals surface area contributed by atoms with Crippen molar-refractivity contribution < 1.29 is 53.1 Å². The third-order valence-corrected chi connectivity index (χ3v) is 6.24. The lowest BCUT2D eigenvalue weighted by Crippen LogP contribution is -2.51. The number of fused-ring (bicyclic) bond motifs is 1. The first-order valence-corrected chi connectivity index (χ1v) is 10.1. The Balaban J connectivity index is 1.94. The fourth-order valence-corrected chi connectivity index (χ4v) is 4.54. The van der Waals surface area contributed by atoms with Gasteiger partial charge < -0.3 is 19.2 Å². The summed E-state index contributed by atoms with van der Waals surface area (Å²) in [4.78, 5) is 5.28. The highest BCUT2D eigenvalue weighted by molar-refractivity contribution is 7.92. The van der Waals surface area contributed by atoms with E-state index in [0.717, 1.165) is 13.3 Å². The summed E-state index contributed by atoms with van der Waals surface area (Å²) in [5.41, 5.74) is -3.44. The standard InChI is InChI=1S/C17H17F6N3O5S/c1-29-14-11(31-15(19)20)5-9(18)13(25-14)26-32(27,28)12-7-24-10-6-16(30-2,17(21,22)23)4-3-8(10)12/h5,7,15,24H,3-4,6H2,1-2H3,(H,25,26)/t16-/m0/s1/i2D3. The SMILES string of the molecule is [2H]C([2H])([2H])O[C@@]1(C(F)(F)F)CCc2c(S(=O)(=O)Nc3nc(OC)c(OC(F)F)cc3F)c[nH]c2C1. The second-order valence-corrected chi connectivity index (χ2v) is 8.34. The molecule has 0 aliphatic heterocycles. The third-order valence-electron chi connectivity index (χ3n) is 4.83. The Morgan fingerprint density at radius 2 is 2.09 bits per heavy atom. The normalized spacial score (nSPS) is 20.8. The van der Waals surface area contributed by atoms with E-state index in [1.54, 1.807) is 4.72 Å². The topological polar surface area (TPSA) is 103 Å². The second kappa shape index (κ2) is 8.35. The van der Waals surface area contributed by atoms with Gasteiger partial charge in [-0.1, -0.05) is 0 Å². The highest BCUT2D eigenvalue weighted by atomic mass is 32.2. The zero-order valence-corrected chi connectivity index (χ0v) is 16.8. The van der Waals surface area contributed by atoms with Crippen LogP contribution in [0.1, 0.15) is 21.8 Å².